The molecule has 3 radical (unpaired) electrons. The van der Waals surface area contributed by atoms with Gasteiger partial charge in [0.15, 0.2) is 0 Å². The van der Waals surface area contributed by atoms with Crippen molar-refractivity contribution >= 4 is 27.0 Å². The second-order valence-electron chi connectivity index (χ2n) is 4.24. The molecule has 0 fully saturated rings. The Labute approximate surface area is 111 Å². The van der Waals surface area contributed by atoms with Crippen LogP contribution < -0.4 is 5.19 Å². The van der Waals surface area contributed by atoms with Gasteiger partial charge in [-0.3, -0.25) is 0 Å². The van der Waals surface area contributed by atoms with Crippen LogP contribution in [0.25, 0.3) is 11.1 Å². The van der Waals surface area contributed by atoms with Gasteiger partial charge in [-0.1, -0.05) is 41.6 Å². The molecule has 0 spiro atoms. The highest BCUT2D eigenvalue weighted by molar-refractivity contribution is 6.36. The predicted molar refractivity (Wildman–Crippen MR) is 76.3 cm³/mol. The van der Waals surface area contributed by atoms with Crippen LogP contribution in [0.3, 0.4) is 0 Å². The summed E-state index contributed by atoms with van der Waals surface area (Å²) in [5, 5.41) is 1.10. The van der Waals surface area contributed by atoms with Crippen molar-refractivity contribution in [2.45, 2.75) is 19.7 Å². The highest BCUT2D eigenvalue weighted by Gasteiger charge is 2.11. The van der Waals surface area contributed by atoms with Crippen LogP contribution in [0, 0.1) is 13.8 Å². The lowest BCUT2D eigenvalue weighted by atomic mass is 9.93. The van der Waals surface area contributed by atoms with E-state index in [2.05, 4.69) is 54.4 Å². The summed E-state index contributed by atoms with van der Waals surface area (Å²) in [7, 11) is 3.69. The molecule has 0 aliphatic rings. The quantitative estimate of drug-likeness (QED) is 0.571. The molecular formula is C15H14ClSi. The lowest BCUT2D eigenvalue weighted by molar-refractivity contribution is 1.34. The average molecular weight is 258 g/mol. The van der Waals surface area contributed by atoms with Crippen LogP contribution in [-0.4, -0.2) is 10.2 Å². The molecular weight excluding hydrogens is 244 g/mol. The Morgan fingerprint density at radius 2 is 1.53 bits per heavy atom. The molecule has 0 amide bonds. The largest absolute Gasteiger partial charge is 0.122 e. The van der Waals surface area contributed by atoms with Crippen molar-refractivity contribution in [2.24, 2.45) is 0 Å². The minimum absolute atomic E-state index is 0.529. The van der Waals surface area contributed by atoms with Gasteiger partial charge >= 0.3 is 0 Å². The van der Waals surface area contributed by atoms with E-state index in [0.29, 0.717) is 5.88 Å². The number of alkyl halides is 1. The van der Waals surface area contributed by atoms with Crippen molar-refractivity contribution in [1.29, 1.82) is 0 Å². The molecule has 0 atom stereocenters. The lowest BCUT2D eigenvalue weighted by Gasteiger charge is -2.16. The van der Waals surface area contributed by atoms with E-state index in [1.54, 1.807) is 0 Å². The third-order valence-corrected chi connectivity index (χ3v) is 3.73. The maximum atomic E-state index is 6.04. The topological polar surface area (TPSA) is 0 Å². The average Bonchev–Trinajstić information content (AvgIpc) is 2.30. The first-order valence-corrected chi connectivity index (χ1v) is 6.64. The van der Waals surface area contributed by atoms with Gasteiger partial charge in [0.1, 0.15) is 0 Å². The van der Waals surface area contributed by atoms with Crippen molar-refractivity contribution in [3.63, 3.8) is 0 Å². The Bertz CT molecular complexity index is 526. The zero-order valence-electron chi connectivity index (χ0n) is 10.0. The van der Waals surface area contributed by atoms with Crippen molar-refractivity contribution in [1.82, 2.24) is 0 Å². The van der Waals surface area contributed by atoms with Crippen LogP contribution in [0.1, 0.15) is 16.7 Å². The van der Waals surface area contributed by atoms with Crippen LogP contribution in [0.4, 0.5) is 0 Å². The van der Waals surface area contributed by atoms with Crippen molar-refractivity contribution in [3.8, 4) is 11.1 Å². The number of rotatable bonds is 2. The van der Waals surface area contributed by atoms with Crippen molar-refractivity contribution < 1.29 is 0 Å². The SMILES string of the molecule is Cc1cccc(C)c1-c1c([Si])cccc1CCl. The molecule has 0 unspecified atom stereocenters. The maximum Gasteiger partial charge on any atom is 0.0720 e. The van der Waals surface area contributed by atoms with E-state index in [-0.39, 0.29) is 0 Å². The summed E-state index contributed by atoms with van der Waals surface area (Å²) < 4.78 is 0. The molecule has 0 aliphatic carbocycles. The molecule has 0 nitrogen and oxygen atoms in total. The van der Waals surface area contributed by atoms with Gasteiger partial charge in [-0.2, -0.15) is 0 Å². The third-order valence-electron chi connectivity index (χ3n) is 3.03. The van der Waals surface area contributed by atoms with Gasteiger partial charge in [0.2, 0.25) is 0 Å². The van der Waals surface area contributed by atoms with E-state index in [4.69, 9.17) is 11.6 Å². The van der Waals surface area contributed by atoms with Gasteiger partial charge in [0.05, 0.1) is 10.2 Å². The Morgan fingerprint density at radius 1 is 0.941 bits per heavy atom. The highest BCUT2D eigenvalue weighted by Crippen LogP contribution is 2.29. The van der Waals surface area contributed by atoms with Gasteiger partial charge in [-0.25, -0.2) is 0 Å². The zero-order valence-corrected chi connectivity index (χ0v) is 11.8. The Balaban J connectivity index is 2.76. The number of aryl methyl sites for hydroxylation is 2. The molecule has 2 rings (SSSR count). The molecule has 17 heavy (non-hydrogen) atoms. The molecule has 0 saturated carbocycles. The summed E-state index contributed by atoms with van der Waals surface area (Å²) >= 11 is 6.04. The monoisotopic (exact) mass is 257 g/mol. The number of hydrogen-bond donors (Lipinski definition) is 0. The summed E-state index contributed by atoms with van der Waals surface area (Å²) in [4.78, 5) is 0. The van der Waals surface area contributed by atoms with Crippen LogP contribution in [-0.2, 0) is 5.88 Å². The molecule has 2 aromatic rings. The fourth-order valence-corrected chi connectivity index (χ4v) is 2.82. The number of halogens is 1. The normalized spacial score (nSPS) is 10.6. The zero-order chi connectivity index (χ0) is 12.4. The molecule has 85 valence electrons. The second kappa shape index (κ2) is 5.07. The minimum Gasteiger partial charge on any atom is -0.122 e. The summed E-state index contributed by atoms with van der Waals surface area (Å²) in [5.41, 5.74) is 6.23. The van der Waals surface area contributed by atoms with E-state index in [0.717, 1.165) is 10.8 Å². The number of hydrogen-bond acceptors (Lipinski definition) is 0. The summed E-state index contributed by atoms with van der Waals surface area (Å²) in [6.07, 6.45) is 0. The van der Waals surface area contributed by atoms with Crippen LogP contribution in [0.15, 0.2) is 36.4 Å². The van der Waals surface area contributed by atoms with Gasteiger partial charge in [0, 0.05) is 5.88 Å². The van der Waals surface area contributed by atoms with E-state index in [9.17, 15) is 0 Å². The van der Waals surface area contributed by atoms with Crippen molar-refractivity contribution in [2.75, 3.05) is 0 Å². The number of benzene rings is 2. The summed E-state index contributed by atoms with van der Waals surface area (Å²) in [6, 6.07) is 12.5. The molecule has 0 bridgehead atoms. The van der Waals surface area contributed by atoms with E-state index >= 15 is 0 Å². The molecule has 0 aromatic heterocycles. The van der Waals surface area contributed by atoms with Crippen LogP contribution >= 0.6 is 11.6 Å². The fourth-order valence-electron chi connectivity index (χ4n) is 2.22. The maximum absolute atomic E-state index is 6.04. The first kappa shape index (κ1) is 12.4. The fraction of sp³-hybridized carbons (Fsp3) is 0.200. The Kier molecular flexibility index (Phi) is 3.70. The van der Waals surface area contributed by atoms with Crippen LogP contribution in [0.2, 0.25) is 0 Å². The Morgan fingerprint density at radius 3 is 2.12 bits per heavy atom. The summed E-state index contributed by atoms with van der Waals surface area (Å²) in [5.74, 6) is 0.529. The molecule has 2 heteroatoms. The van der Waals surface area contributed by atoms with Crippen LogP contribution in [0.5, 0.6) is 0 Å². The molecule has 0 N–H and O–H groups in total. The van der Waals surface area contributed by atoms with Gasteiger partial charge in [-0.05, 0) is 41.7 Å². The van der Waals surface area contributed by atoms with E-state index in [1.165, 1.54) is 22.3 Å². The second-order valence-corrected chi connectivity index (χ2v) is 5.05. The molecule has 2 aromatic carbocycles. The summed E-state index contributed by atoms with van der Waals surface area (Å²) in [6.45, 7) is 4.28. The smallest absolute Gasteiger partial charge is 0.0720 e. The Hall–Kier alpha value is -1.05. The molecule has 0 heterocycles. The first-order valence-electron chi connectivity index (χ1n) is 5.61. The van der Waals surface area contributed by atoms with Gasteiger partial charge < -0.3 is 0 Å². The van der Waals surface area contributed by atoms with Gasteiger partial charge in [-0.15, -0.1) is 11.6 Å². The van der Waals surface area contributed by atoms with E-state index in [1.807, 2.05) is 6.07 Å². The highest BCUT2D eigenvalue weighted by atomic mass is 35.5. The first-order chi connectivity index (χ1) is 8.15. The minimum atomic E-state index is 0.529. The lowest BCUT2D eigenvalue weighted by Crippen LogP contribution is -2.10. The van der Waals surface area contributed by atoms with Gasteiger partial charge in [0.25, 0.3) is 0 Å². The molecule has 0 aliphatic heterocycles. The van der Waals surface area contributed by atoms with Crippen molar-refractivity contribution in [3.05, 3.63) is 53.1 Å². The standard InChI is InChI=1S/C15H14ClSi/c1-10-5-3-6-11(2)14(10)15-12(9-16)7-4-8-13(15)17/h3-8H,9H2,1-2H3. The predicted octanol–water partition coefficient (Wildman–Crippen LogP) is 3.50. The van der Waals surface area contributed by atoms with E-state index < -0.39 is 0 Å². The third kappa shape index (κ3) is 2.31. The molecule has 0 saturated heterocycles.